The number of benzene rings is 1. The lowest BCUT2D eigenvalue weighted by molar-refractivity contribution is 0.397. The summed E-state index contributed by atoms with van der Waals surface area (Å²) in [7, 11) is -3.12. The van der Waals surface area contributed by atoms with Crippen molar-refractivity contribution in [1.29, 1.82) is 0 Å². The van der Waals surface area contributed by atoms with E-state index in [9.17, 15) is 13.2 Å². The van der Waals surface area contributed by atoms with Gasteiger partial charge in [0.05, 0.1) is 12.8 Å². The van der Waals surface area contributed by atoms with Crippen molar-refractivity contribution in [3.63, 3.8) is 0 Å². The molecular weight excluding hydrogens is 234 g/mol. The molecular formula is C9H9NO5S. The van der Waals surface area contributed by atoms with Crippen LogP contribution in [-0.4, -0.2) is 26.2 Å². The van der Waals surface area contributed by atoms with Crippen molar-refractivity contribution in [1.82, 2.24) is 0 Å². The van der Waals surface area contributed by atoms with Gasteiger partial charge in [-0.05, 0) is 18.6 Å². The second-order valence-corrected chi connectivity index (χ2v) is 4.36. The minimum absolute atomic E-state index is 0.0814. The van der Waals surface area contributed by atoms with Crippen LogP contribution < -0.4 is 4.74 Å². The lowest BCUT2D eigenvalue weighted by Crippen LogP contribution is -2.02. The van der Waals surface area contributed by atoms with Crippen molar-refractivity contribution < 1.29 is 22.5 Å². The van der Waals surface area contributed by atoms with Crippen LogP contribution in [0.5, 0.6) is 5.75 Å². The molecule has 1 aromatic carbocycles. The van der Waals surface area contributed by atoms with Crippen molar-refractivity contribution in [3.05, 3.63) is 17.7 Å². The Morgan fingerprint density at radius 2 is 2.06 bits per heavy atom. The Labute approximate surface area is 92.3 Å². The number of carbonyl (C=O) groups excluding carboxylic acids is 1. The second kappa shape index (κ2) is 4.44. The third-order valence-electron chi connectivity index (χ3n) is 1.93. The normalized spacial score (nSPS) is 10.7. The van der Waals surface area contributed by atoms with Gasteiger partial charge in [-0.15, -0.1) is 0 Å². The van der Waals surface area contributed by atoms with Crippen molar-refractivity contribution in [2.24, 2.45) is 4.99 Å². The number of hydrogen-bond acceptors (Lipinski definition) is 5. The number of nitrogens with zero attached hydrogens (tertiary/aromatic N) is 1. The summed E-state index contributed by atoms with van der Waals surface area (Å²) < 4.78 is 35.7. The summed E-state index contributed by atoms with van der Waals surface area (Å²) >= 11 is 0. The number of rotatable bonds is 3. The van der Waals surface area contributed by atoms with Crippen LogP contribution >= 0.6 is 0 Å². The fourth-order valence-electron chi connectivity index (χ4n) is 1.18. The highest BCUT2D eigenvalue weighted by molar-refractivity contribution is 7.86. The summed E-state index contributed by atoms with van der Waals surface area (Å²) in [5.74, 6) is -0.0814. The van der Waals surface area contributed by atoms with Gasteiger partial charge in [0.25, 0.3) is 10.1 Å². The maximum absolute atomic E-state index is 11.0. The van der Waals surface area contributed by atoms with E-state index in [0.717, 1.165) is 0 Å². The summed E-state index contributed by atoms with van der Waals surface area (Å²) in [6, 6.07) is 2.41. The molecule has 0 saturated heterocycles. The zero-order valence-electron chi connectivity index (χ0n) is 8.59. The summed E-state index contributed by atoms with van der Waals surface area (Å²) in [4.78, 5) is 13.1. The van der Waals surface area contributed by atoms with Gasteiger partial charge in [0.2, 0.25) is 6.08 Å². The van der Waals surface area contributed by atoms with E-state index in [1.807, 2.05) is 0 Å². The predicted octanol–water partition coefficient (Wildman–Crippen LogP) is 1.22. The van der Waals surface area contributed by atoms with Gasteiger partial charge in [0.15, 0.2) is 0 Å². The summed E-state index contributed by atoms with van der Waals surface area (Å²) in [5.41, 5.74) is 0.649. The van der Waals surface area contributed by atoms with Gasteiger partial charge in [-0.1, -0.05) is 0 Å². The van der Waals surface area contributed by atoms with Crippen LogP contribution in [0.1, 0.15) is 5.56 Å². The van der Waals surface area contributed by atoms with Crippen LogP contribution in [0.3, 0.4) is 0 Å². The molecule has 86 valence electrons. The first kappa shape index (κ1) is 12.4. The van der Waals surface area contributed by atoms with Gasteiger partial charge < -0.3 is 4.74 Å². The lowest BCUT2D eigenvalue weighted by atomic mass is 10.2. The van der Waals surface area contributed by atoms with Gasteiger partial charge in [-0.25, -0.2) is 4.79 Å². The SMILES string of the molecule is COc1cc(N=C=O)c(C)cc1S(=O)(=O)O. The van der Waals surface area contributed by atoms with Crippen LogP contribution in [0, 0.1) is 6.92 Å². The number of ether oxygens (including phenoxy) is 1. The maximum atomic E-state index is 11.0. The Balaban J connectivity index is 3.56. The van der Waals surface area contributed by atoms with Crippen molar-refractivity contribution in [2.45, 2.75) is 11.8 Å². The summed E-state index contributed by atoms with van der Waals surface area (Å²) in [5, 5.41) is 0. The zero-order chi connectivity index (χ0) is 12.3. The molecule has 1 rings (SSSR count). The number of hydrogen-bond donors (Lipinski definition) is 1. The van der Waals surface area contributed by atoms with Crippen molar-refractivity contribution in [2.75, 3.05) is 7.11 Å². The molecule has 6 nitrogen and oxygen atoms in total. The predicted molar refractivity (Wildman–Crippen MR) is 55.3 cm³/mol. The molecule has 0 aliphatic heterocycles. The van der Waals surface area contributed by atoms with Crippen LogP contribution in [0.15, 0.2) is 22.0 Å². The Bertz CT molecular complexity index is 558. The Morgan fingerprint density at radius 1 is 1.44 bits per heavy atom. The molecule has 0 atom stereocenters. The van der Waals surface area contributed by atoms with Gasteiger partial charge in [0.1, 0.15) is 10.6 Å². The molecule has 0 fully saturated rings. The summed E-state index contributed by atoms with van der Waals surface area (Å²) in [6.45, 7) is 1.55. The average Bonchev–Trinajstić information content (AvgIpc) is 2.19. The minimum atomic E-state index is -4.36. The number of aryl methyl sites for hydroxylation is 1. The van der Waals surface area contributed by atoms with E-state index >= 15 is 0 Å². The van der Waals surface area contributed by atoms with E-state index in [1.54, 1.807) is 6.92 Å². The first-order valence-electron chi connectivity index (χ1n) is 4.14. The van der Waals surface area contributed by atoms with Crippen molar-refractivity contribution in [3.8, 4) is 5.75 Å². The molecule has 0 aliphatic rings. The Hall–Kier alpha value is -1.69. The number of isocyanates is 1. The van der Waals surface area contributed by atoms with Crippen molar-refractivity contribution >= 4 is 21.9 Å². The molecule has 0 aromatic heterocycles. The second-order valence-electron chi connectivity index (χ2n) is 2.97. The Kier molecular flexibility index (Phi) is 3.44. The Morgan fingerprint density at radius 3 is 2.50 bits per heavy atom. The third kappa shape index (κ3) is 2.46. The zero-order valence-corrected chi connectivity index (χ0v) is 9.41. The third-order valence-corrected chi connectivity index (χ3v) is 2.80. The highest BCUT2D eigenvalue weighted by atomic mass is 32.2. The summed E-state index contributed by atoms with van der Waals surface area (Å²) in [6.07, 6.45) is 1.34. The highest BCUT2D eigenvalue weighted by Crippen LogP contribution is 2.31. The molecule has 7 heteroatoms. The minimum Gasteiger partial charge on any atom is -0.495 e. The van der Waals surface area contributed by atoms with E-state index in [4.69, 9.17) is 9.29 Å². The smallest absolute Gasteiger partial charge is 0.298 e. The topological polar surface area (TPSA) is 93.0 Å². The molecule has 0 aliphatic carbocycles. The van der Waals surface area contributed by atoms with Crippen LogP contribution in [-0.2, 0) is 14.9 Å². The molecule has 0 amide bonds. The fraction of sp³-hybridized carbons (Fsp3) is 0.222. The lowest BCUT2D eigenvalue weighted by Gasteiger charge is -2.08. The molecule has 0 radical (unpaired) electrons. The molecule has 0 heterocycles. The molecule has 0 spiro atoms. The van der Waals surface area contributed by atoms with E-state index in [2.05, 4.69) is 4.99 Å². The molecule has 0 unspecified atom stereocenters. The monoisotopic (exact) mass is 243 g/mol. The molecule has 0 bridgehead atoms. The van der Waals surface area contributed by atoms with Crippen LogP contribution in [0.25, 0.3) is 0 Å². The highest BCUT2D eigenvalue weighted by Gasteiger charge is 2.18. The van der Waals surface area contributed by atoms with E-state index in [-0.39, 0.29) is 16.3 Å². The molecule has 1 N–H and O–H groups in total. The van der Waals surface area contributed by atoms with Crippen LogP contribution in [0.4, 0.5) is 5.69 Å². The van der Waals surface area contributed by atoms with Crippen LogP contribution in [0.2, 0.25) is 0 Å². The first-order valence-corrected chi connectivity index (χ1v) is 5.58. The number of aliphatic imine (C=N–C) groups is 1. The molecule has 0 saturated carbocycles. The molecule has 1 aromatic rings. The van der Waals surface area contributed by atoms with Gasteiger partial charge in [-0.2, -0.15) is 13.4 Å². The average molecular weight is 243 g/mol. The fourth-order valence-corrected chi connectivity index (χ4v) is 1.90. The molecule has 16 heavy (non-hydrogen) atoms. The maximum Gasteiger partial charge on any atom is 0.298 e. The largest absolute Gasteiger partial charge is 0.495 e. The first-order chi connectivity index (χ1) is 7.40. The van der Waals surface area contributed by atoms with E-state index in [0.29, 0.717) is 5.56 Å². The van der Waals surface area contributed by atoms with Gasteiger partial charge in [0, 0.05) is 6.07 Å². The van der Waals surface area contributed by atoms with E-state index in [1.165, 1.54) is 25.3 Å². The quantitative estimate of drug-likeness (QED) is 0.489. The standard InChI is InChI=1S/C9H9NO5S/c1-6-3-9(16(12,13)14)8(15-2)4-7(6)10-5-11/h3-4H,1-2H3,(H,12,13,14). The van der Waals surface area contributed by atoms with Gasteiger partial charge >= 0.3 is 0 Å². The van der Waals surface area contributed by atoms with E-state index < -0.39 is 10.1 Å². The van der Waals surface area contributed by atoms with Gasteiger partial charge in [-0.3, -0.25) is 4.55 Å². The number of methoxy groups -OCH3 is 1.